The Balaban J connectivity index is 1.67. The Bertz CT molecular complexity index is 757. The Morgan fingerprint density at radius 1 is 1.09 bits per heavy atom. The maximum atomic E-state index is 13.2. The van der Waals surface area contributed by atoms with Crippen LogP contribution in [0.1, 0.15) is 11.5 Å². The molecular weight excluding hydrogens is 293 g/mol. The molecule has 3 rings (SSSR count). The lowest BCUT2D eigenvalue weighted by Gasteiger charge is -2.19. The van der Waals surface area contributed by atoms with Gasteiger partial charge in [0.25, 0.3) is 0 Å². The van der Waals surface area contributed by atoms with Crippen LogP contribution in [-0.4, -0.2) is 29.5 Å². The summed E-state index contributed by atoms with van der Waals surface area (Å²) in [5, 5.41) is 0. The average molecular weight is 313 g/mol. The molecule has 0 fully saturated rings. The van der Waals surface area contributed by atoms with E-state index in [1.807, 2.05) is 18.2 Å². The molecule has 0 aliphatic rings. The van der Waals surface area contributed by atoms with E-state index in [4.69, 9.17) is 10.2 Å². The predicted molar refractivity (Wildman–Crippen MR) is 88.4 cm³/mol. The van der Waals surface area contributed by atoms with Crippen molar-refractivity contribution in [3.8, 4) is 0 Å². The van der Waals surface area contributed by atoms with Crippen LogP contribution in [-0.2, 0) is 13.0 Å². The molecule has 0 bridgehead atoms. The number of oxazole rings is 1. The summed E-state index contributed by atoms with van der Waals surface area (Å²) < 4.78 is 18.9. The summed E-state index contributed by atoms with van der Waals surface area (Å²) in [5.74, 6) is 0.273. The lowest BCUT2D eigenvalue weighted by molar-refractivity contribution is 0.250. The van der Waals surface area contributed by atoms with E-state index in [-0.39, 0.29) is 5.82 Å². The normalized spacial score (nSPS) is 11.4. The van der Waals surface area contributed by atoms with Crippen molar-refractivity contribution in [1.29, 1.82) is 0 Å². The highest BCUT2D eigenvalue weighted by Gasteiger charge is 2.12. The summed E-state index contributed by atoms with van der Waals surface area (Å²) in [6, 6.07) is 14.7. The molecule has 5 heteroatoms. The maximum Gasteiger partial charge on any atom is 0.209 e. The zero-order valence-electron chi connectivity index (χ0n) is 12.9. The largest absolute Gasteiger partial charge is 0.439 e. The number of hydrogen-bond acceptors (Lipinski definition) is 4. The molecule has 0 saturated carbocycles. The third kappa shape index (κ3) is 4.15. The number of aromatic nitrogens is 1. The first-order chi connectivity index (χ1) is 11.2. The minimum absolute atomic E-state index is 0.317. The Kier molecular flexibility index (Phi) is 5.00. The van der Waals surface area contributed by atoms with Crippen LogP contribution < -0.4 is 5.73 Å². The zero-order valence-corrected chi connectivity index (χ0v) is 12.9. The molecule has 0 aliphatic heterocycles. The number of hydrogen-bond donors (Lipinski definition) is 1. The van der Waals surface area contributed by atoms with Crippen molar-refractivity contribution in [3.05, 3.63) is 65.8 Å². The van der Waals surface area contributed by atoms with Crippen LogP contribution >= 0.6 is 0 Å². The molecule has 0 amide bonds. The van der Waals surface area contributed by atoms with Gasteiger partial charge in [-0.2, -0.15) is 0 Å². The molecule has 0 unspecified atom stereocenters. The third-order valence-corrected chi connectivity index (χ3v) is 3.76. The quantitative estimate of drug-likeness (QED) is 0.728. The van der Waals surface area contributed by atoms with Gasteiger partial charge in [-0.05, 0) is 24.1 Å². The van der Waals surface area contributed by atoms with Crippen LogP contribution in [0.2, 0.25) is 0 Å². The van der Waals surface area contributed by atoms with Crippen molar-refractivity contribution in [2.45, 2.75) is 13.0 Å². The summed E-state index contributed by atoms with van der Waals surface area (Å²) in [5.41, 5.74) is 8.15. The summed E-state index contributed by atoms with van der Waals surface area (Å²) in [4.78, 5) is 6.62. The van der Waals surface area contributed by atoms with Crippen LogP contribution in [0.15, 0.2) is 52.9 Å². The number of fused-ring (bicyclic) bond motifs is 1. The molecule has 0 aliphatic carbocycles. The standard InChI is InChI=1S/C18H20FN3O/c19-15-6-7-16-17(12-15)23-18(21-16)13-22(11-9-20)10-8-14-4-2-1-3-5-14/h1-7,12H,8-11,13,20H2. The molecule has 1 heterocycles. The van der Waals surface area contributed by atoms with Gasteiger partial charge in [0.05, 0.1) is 6.54 Å². The lowest BCUT2D eigenvalue weighted by Crippen LogP contribution is -2.31. The molecule has 4 nitrogen and oxygen atoms in total. The maximum absolute atomic E-state index is 13.2. The molecule has 0 spiro atoms. The Hall–Kier alpha value is -2.24. The second kappa shape index (κ2) is 7.35. The molecule has 2 N–H and O–H groups in total. The Morgan fingerprint density at radius 3 is 2.70 bits per heavy atom. The number of halogens is 1. The van der Waals surface area contributed by atoms with Gasteiger partial charge in [0.15, 0.2) is 5.58 Å². The van der Waals surface area contributed by atoms with E-state index in [0.717, 1.165) is 19.5 Å². The summed E-state index contributed by atoms with van der Waals surface area (Å²) in [7, 11) is 0. The summed E-state index contributed by atoms with van der Waals surface area (Å²) in [6.45, 7) is 2.78. The molecule has 1 aromatic heterocycles. The highest BCUT2D eigenvalue weighted by molar-refractivity contribution is 5.72. The Morgan fingerprint density at radius 2 is 1.91 bits per heavy atom. The van der Waals surface area contributed by atoms with Gasteiger partial charge in [-0.1, -0.05) is 30.3 Å². The molecule has 0 radical (unpaired) electrons. The van der Waals surface area contributed by atoms with E-state index in [0.29, 0.717) is 30.1 Å². The van der Waals surface area contributed by atoms with Crippen LogP contribution in [0, 0.1) is 5.82 Å². The second-order valence-corrected chi connectivity index (χ2v) is 5.52. The first-order valence-corrected chi connectivity index (χ1v) is 7.76. The van der Waals surface area contributed by atoms with Gasteiger partial charge in [0, 0.05) is 25.7 Å². The summed E-state index contributed by atoms with van der Waals surface area (Å²) in [6.07, 6.45) is 0.940. The zero-order chi connectivity index (χ0) is 16.1. The highest BCUT2D eigenvalue weighted by atomic mass is 19.1. The molecule has 3 aromatic rings. The first kappa shape index (κ1) is 15.6. The third-order valence-electron chi connectivity index (χ3n) is 3.76. The predicted octanol–water partition coefficient (Wildman–Crippen LogP) is 2.97. The van der Waals surface area contributed by atoms with Crippen molar-refractivity contribution >= 4 is 11.1 Å². The second-order valence-electron chi connectivity index (χ2n) is 5.52. The monoisotopic (exact) mass is 313 g/mol. The minimum atomic E-state index is -0.317. The minimum Gasteiger partial charge on any atom is -0.439 e. The van der Waals surface area contributed by atoms with Gasteiger partial charge in [-0.25, -0.2) is 9.37 Å². The van der Waals surface area contributed by atoms with Crippen molar-refractivity contribution in [1.82, 2.24) is 9.88 Å². The van der Waals surface area contributed by atoms with Crippen molar-refractivity contribution in [3.63, 3.8) is 0 Å². The molecule has 0 atom stereocenters. The van der Waals surface area contributed by atoms with Crippen LogP contribution in [0.25, 0.3) is 11.1 Å². The smallest absolute Gasteiger partial charge is 0.209 e. The van der Waals surface area contributed by atoms with Gasteiger partial charge >= 0.3 is 0 Å². The first-order valence-electron chi connectivity index (χ1n) is 7.76. The molecule has 23 heavy (non-hydrogen) atoms. The molecular formula is C18H20FN3O. The topological polar surface area (TPSA) is 55.3 Å². The van der Waals surface area contributed by atoms with Gasteiger partial charge < -0.3 is 10.2 Å². The van der Waals surface area contributed by atoms with Gasteiger partial charge in [-0.15, -0.1) is 0 Å². The van der Waals surface area contributed by atoms with Crippen LogP contribution in [0.5, 0.6) is 0 Å². The van der Waals surface area contributed by atoms with Gasteiger partial charge in [-0.3, -0.25) is 4.90 Å². The van der Waals surface area contributed by atoms with E-state index < -0.39 is 0 Å². The van der Waals surface area contributed by atoms with E-state index in [9.17, 15) is 4.39 Å². The summed E-state index contributed by atoms with van der Waals surface area (Å²) >= 11 is 0. The SMILES string of the molecule is NCCN(CCc1ccccc1)Cc1nc2ccc(F)cc2o1. The fourth-order valence-electron chi connectivity index (χ4n) is 2.59. The molecule has 0 saturated heterocycles. The van der Waals surface area contributed by atoms with E-state index in [1.165, 1.54) is 17.7 Å². The fraction of sp³-hybridized carbons (Fsp3) is 0.278. The van der Waals surface area contributed by atoms with Crippen molar-refractivity contribution in [2.24, 2.45) is 5.73 Å². The molecule has 2 aromatic carbocycles. The van der Waals surface area contributed by atoms with Crippen LogP contribution in [0.4, 0.5) is 4.39 Å². The van der Waals surface area contributed by atoms with Crippen molar-refractivity contribution in [2.75, 3.05) is 19.6 Å². The van der Waals surface area contributed by atoms with E-state index in [1.54, 1.807) is 6.07 Å². The van der Waals surface area contributed by atoms with E-state index >= 15 is 0 Å². The van der Waals surface area contributed by atoms with Gasteiger partial charge in [0.1, 0.15) is 11.3 Å². The van der Waals surface area contributed by atoms with Gasteiger partial charge in [0.2, 0.25) is 5.89 Å². The number of nitrogens with zero attached hydrogens (tertiary/aromatic N) is 2. The number of nitrogens with two attached hydrogens (primary N) is 1. The number of benzene rings is 2. The molecule has 120 valence electrons. The lowest BCUT2D eigenvalue weighted by atomic mass is 10.1. The average Bonchev–Trinajstić information content (AvgIpc) is 2.95. The number of rotatable bonds is 7. The highest BCUT2D eigenvalue weighted by Crippen LogP contribution is 2.18. The van der Waals surface area contributed by atoms with E-state index in [2.05, 4.69) is 22.0 Å². The fourth-order valence-corrected chi connectivity index (χ4v) is 2.59. The van der Waals surface area contributed by atoms with Crippen LogP contribution in [0.3, 0.4) is 0 Å². The Labute approximate surface area is 134 Å². The van der Waals surface area contributed by atoms with Crippen molar-refractivity contribution < 1.29 is 8.81 Å².